The monoisotopic (exact) mass is 531 g/mol. The lowest BCUT2D eigenvalue weighted by Gasteiger charge is -2.28. The van der Waals surface area contributed by atoms with E-state index in [2.05, 4.69) is 20.8 Å². The Bertz CT molecular complexity index is 886. The first-order valence-corrected chi connectivity index (χ1v) is 11.1. The molecule has 2 N–H and O–H groups in total. The molecule has 0 aliphatic carbocycles. The number of alkyl halides is 3. The molecule has 6 nitrogen and oxygen atoms in total. The van der Waals surface area contributed by atoms with Crippen LogP contribution in [0.1, 0.15) is 42.9 Å². The zero-order valence-corrected chi connectivity index (χ0v) is 19.3. The van der Waals surface area contributed by atoms with Gasteiger partial charge in [-0.3, -0.25) is 0 Å². The molecule has 3 rings (SSSR count). The molecule has 1 atom stereocenters. The van der Waals surface area contributed by atoms with Crippen molar-refractivity contribution in [3.63, 3.8) is 0 Å². The fraction of sp³-hybridized carbons (Fsp3) is 0.391. The number of benzene rings is 2. The second-order valence-corrected chi connectivity index (χ2v) is 8.40. The average Bonchev–Trinajstić information content (AvgIpc) is 2.78. The van der Waals surface area contributed by atoms with Gasteiger partial charge in [-0.2, -0.15) is 13.2 Å². The maximum atomic E-state index is 12.8. The molecule has 1 aliphatic heterocycles. The summed E-state index contributed by atoms with van der Waals surface area (Å²) < 4.78 is 45.4. The minimum Gasteiger partial charge on any atom is -0.486 e. The number of rotatable bonds is 6. The van der Waals surface area contributed by atoms with Gasteiger partial charge >= 0.3 is 18.1 Å². The number of nitrogens with zero attached hydrogens (tertiary/aromatic N) is 1. The average molecular weight is 532 g/mol. The van der Waals surface area contributed by atoms with Crippen LogP contribution in [0.5, 0.6) is 5.75 Å². The number of hydrogen-bond acceptors (Lipinski definition) is 4. The summed E-state index contributed by atoms with van der Waals surface area (Å²) in [6.45, 7) is 3.13. The van der Waals surface area contributed by atoms with Crippen molar-refractivity contribution in [2.24, 2.45) is 0 Å². The lowest BCUT2D eigenvalue weighted by molar-refractivity contribution is -0.159. The highest BCUT2D eigenvalue weighted by atomic mass is 79.9. The number of piperidine rings is 1. The molecule has 0 bridgehead atoms. The van der Waals surface area contributed by atoms with Crippen molar-refractivity contribution in [3.8, 4) is 5.75 Å². The van der Waals surface area contributed by atoms with E-state index in [1.54, 1.807) is 0 Å². The Morgan fingerprint density at radius 3 is 1.97 bits per heavy atom. The topological polar surface area (TPSA) is 87.1 Å². The van der Waals surface area contributed by atoms with E-state index >= 15 is 0 Å². The van der Waals surface area contributed by atoms with Gasteiger partial charge in [0.15, 0.2) is 0 Å². The Balaban J connectivity index is 0.000000569. The third-order valence-electron chi connectivity index (χ3n) is 5.04. The van der Waals surface area contributed by atoms with Crippen molar-refractivity contribution in [2.45, 2.75) is 38.0 Å². The molecule has 180 valence electrons. The number of aliphatic carboxylic acids is 2. The lowest BCUT2D eigenvalue weighted by atomic mass is 10.0. The lowest BCUT2D eigenvalue weighted by Crippen LogP contribution is -2.31. The number of hydrogen-bond donors (Lipinski definition) is 2. The first kappa shape index (κ1) is 26.7. The predicted molar refractivity (Wildman–Crippen MR) is 119 cm³/mol. The molecule has 10 heteroatoms. The predicted octanol–water partition coefficient (Wildman–Crippen LogP) is 5.62. The van der Waals surface area contributed by atoms with E-state index in [0.717, 1.165) is 48.2 Å². The molecular formula is C23H25BrF3NO5. The normalized spacial score (nSPS) is 15.2. The molecule has 1 unspecified atom stereocenters. The van der Waals surface area contributed by atoms with Crippen molar-refractivity contribution in [1.29, 1.82) is 0 Å². The Morgan fingerprint density at radius 1 is 0.939 bits per heavy atom. The number of ether oxygens (including phenoxy) is 1. The molecule has 33 heavy (non-hydrogen) atoms. The van der Waals surface area contributed by atoms with Crippen LogP contribution in [0.4, 0.5) is 13.2 Å². The molecule has 0 radical (unpaired) electrons. The summed E-state index contributed by atoms with van der Waals surface area (Å²) >= 11 is 3.43. The number of carboxylic acid groups (broad SMARTS) is 2. The Kier molecular flexibility index (Phi) is 10.2. The second kappa shape index (κ2) is 12.6. The first-order chi connectivity index (χ1) is 15.6. The summed E-state index contributed by atoms with van der Waals surface area (Å²) in [7, 11) is 0. The van der Waals surface area contributed by atoms with Crippen LogP contribution in [-0.2, 0) is 15.8 Å². The van der Waals surface area contributed by atoms with Crippen molar-refractivity contribution >= 4 is 27.9 Å². The molecular weight excluding hydrogens is 507 g/mol. The molecule has 0 amide bonds. The van der Waals surface area contributed by atoms with Crippen LogP contribution in [0.3, 0.4) is 0 Å². The fourth-order valence-electron chi connectivity index (χ4n) is 3.34. The van der Waals surface area contributed by atoms with E-state index in [1.165, 1.54) is 31.4 Å². The van der Waals surface area contributed by atoms with Crippen molar-refractivity contribution in [2.75, 3.05) is 19.6 Å². The Hall–Kier alpha value is -2.59. The van der Waals surface area contributed by atoms with Gasteiger partial charge in [0.2, 0.25) is 0 Å². The van der Waals surface area contributed by atoms with Crippen molar-refractivity contribution in [1.82, 2.24) is 4.90 Å². The summed E-state index contributed by atoms with van der Waals surface area (Å²) in [5, 5.41) is 14.8. The van der Waals surface area contributed by atoms with Crippen molar-refractivity contribution in [3.05, 3.63) is 64.1 Å². The molecule has 2 aromatic rings. The minimum atomic E-state index is -4.34. The van der Waals surface area contributed by atoms with Gasteiger partial charge in [-0.25, -0.2) is 9.59 Å². The maximum absolute atomic E-state index is 12.8. The van der Waals surface area contributed by atoms with Crippen LogP contribution in [0.25, 0.3) is 0 Å². The summed E-state index contributed by atoms with van der Waals surface area (Å²) in [4.78, 5) is 20.6. The Labute approximate surface area is 198 Å². The highest BCUT2D eigenvalue weighted by Gasteiger charge is 2.30. The van der Waals surface area contributed by atoms with E-state index in [1.807, 2.05) is 24.3 Å². The molecule has 0 saturated carbocycles. The van der Waals surface area contributed by atoms with Gasteiger partial charge in [0.25, 0.3) is 0 Å². The third-order valence-corrected chi connectivity index (χ3v) is 5.57. The van der Waals surface area contributed by atoms with Gasteiger partial charge in [-0.1, -0.05) is 34.5 Å². The quantitative estimate of drug-likeness (QED) is 0.470. The van der Waals surface area contributed by atoms with Gasteiger partial charge in [-0.05, 0) is 67.9 Å². The molecule has 1 heterocycles. The van der Waals surface area contributed by atoms with Crippen LogP contribution < -0.4 is 4.74 Å². The highest BCUT2D eigenvalue weighted by molar-refractivity contribution is 9.10. The van der Waals surface area contributed by atoms with Crippen LogP contribution in [0.2, 0.25) is 0 Å². The SMILES string of the molecule is FC(F)(F)c1ccc(OC(CCN2CCCCC2)c2ccc(Br)cc2)cc1.O=C(O)C(=O)O. The van der Waals surface area contributed by atoms with Gasteiger partial charge in [0.1, 0.15) is 11.9 Å². The second-order valence-electron chi connectivity index (χ2n) is 7.48. The fourth-order valence-corrected chi connectivity index (χ4v) is 3.60. The van der Waals surface area contributed by atoms with E-state index in [4.69, 9.17) is 24.5 Å². The van der Waals surface area contributed by atoms with Gasteiger partial charge in [0, 0.05) is 17.4 Å². The van der Waals surface area contributed by atoms with Gasteiger partial charge < -0.3 is 19.8 Å². The Morgan fingerprint density at radius 2 is 1.48 bits per heavy atom. The van der Waals surface area contributed by atoms with E-state index in [0.29, 0.717) is 5.75 Å². The smallest absolute Gasteiger partial charge is 0.416 e. The molecule has 1 fully saturated rings. The van der Waals surface area contributed by atoms with Gasteiger partial charge in [-0.15, -0.1) is 0 Å². The number of carboxylic acids is 2. The standard InChI is InChI=1S/C21H23BrF3NO.C2H2O4/c22-18-8-4-16(5-9-18)20(12-15-26-13-2-1-3-14-26)27-19-10-6-17(7-11-19)21(23,24)25;3-1(4)2(5)6/h4-11,20H,1-3,12-15H2;(H,3,4)(H,5,6). The zero-order valence-electron chi connectivity index (χ0n) is 17.7. The first-order valence-electron chi connectivity index (χ1n) is 10.3. The molecule has 0 spiro atoms. The summed E-state index contributed by atoms with van der Waals surface area (Å²) in [6, 6.07) is 12.8. The summed E-state index contributed by atoms with van der Waals surface area (Å²) in [5.41, 5.74) is 0.360. The van der Waals surface area contributed by atoms with Crippen LogP contribution >= 0.6 is 15.9 Å². The van der Waals surface area contributed by atoms with Crippen molar-refractivity contribution < 1.29 is 37.7 Å². The zero-order chi connectivity index (χ0) is 24.4. The molecule has 1 aliphatic rings. The summed E-state index contributed by atoms with van der Waals surface area (Å²) in [5.74, 6) is -3.19. The van der Waals surface area contributed by atoms with E-state index in [9.17, 15) is 13.2 Å². The highest BCUT2D eigenvalue weighted by Crippen LogP contribution is 2.32. The van der Waals surface area contributed by atoms with Crippen LogP contribution in [0.15, 0.2) is 53.0 Å². The molecule has 2 aromatic carbocycles. The van der Waals surface area contributed by atoms with Crippen LogP contribution in [-0.4, -0.2) is 46.7 Å². The van der Waals surface area contributed by atoms with Gasteiger partial charge in [0.05, 0.1) is 5.56 Å². The summed E-state index contributed by atoms with van der Waals surface area (Å²) in [6.07, 6.45) is -0.00233. The molecule has 0 aromatic heterocycles. The maximum Gasteiger partial charge on any atom is 0.416 e. The largest absolute Gasteiger partial charge is 0.486 e. The number of likely N-dealkylation sites (tertiary alicyclic amines) is 1. The minimum absolute atomic E-state index is 0.197. The van der Waals surface area contributed by atoms with E-state index in [-0.39, 0.29) is 6.10 Å². The molecule has 1 saturated heterocycles. The van der Waals surface area contributed by atoms with E-state index < -0.39 is 23.7 Å². The third kappa shape index (κ3) is 9.43. The number of halogens is 4. The van der Waals surface area contributed by atoms with Crippen LogP contribution in [0, 0.1) is 0 Å². The number of carbonyl (C=O) groups is 2.